The van der Waals surface area contributed by atoms with Gasteiger partial charge in [-0.1, -0.05) is 37.8 Å². The number of nitrogens with zero attached hydrogens (tertiary/aromatic N) is 2. The number of hydrogen-bond donors (Lipinski definition) is 0. The van der Waals surface area contributed by atoms with Crippen molar-refractivity contribution in [2.24, 2.45) is 0 Å². The lowest BCUT2D eigenvalue weighted by molar-refractivity contribution is 0.370. The second-order valence-electron chi connectivity index (χ2n) is 3.12. The first-order valence-corrected chi connectivity index (χ1v) is 5.89. The van der Waals surface area contributed by atoms with Gasteiger partial charge >= 0.3 is 0 Å². The van der Waals surface area contributed by atoms with E-state index in [1.165, 1.54) is 25.7 Å². The third-order valence-corrected chi connectivity index (χ3v) is 2.38. The number of aromatic nitrogens is 2. The van der Waals surface area contributed by atoms with Crippen LogP contribution in [0.1, 0.15) is 44.9 Å². The number of halogens is 1. The fourth-order valence-corrected chi connectivity index (χ4v) is 1.58. The molecule has 0 N–H and O–H groups in total. The molecular formula is C9H15IN2O. The molecule has 0 atom stereocenters. The average molecular weight is 294 g/mol. The number of aryl methyl sites for hydroxylation is 1. The van der Waals surface area contributed by atoms with E-state index in [1.54, 1.807) is 0 Å². The molecule has 0 bridgehead atoms. The Kier molecular flexibility index (Phi) is 5.34. The van der Waals surface area contributed by atoms with Gasteiger partial charge in [-0.25, -0.2) is 0 Å². The molecule has 0 saturated heterocycles. The highest BCUT2D eigenvalue weighted by Crippen LogP contribution is 2.08. The minimum atomic E-state index is 0.709. The maximum Gasteiger partial charge on any atom is 0.232 e. The normalized spacial score (nSPS) is 10.6. The first-order chi connectivity index (χ1) is 6.33. The molecule has 0 saturated carbocycles. The summed E-state index contributed by atoms with van der Waals surface area (Å²) in [6.45, 7) is 2.22. The molecule has 0 aliphatic carbocycles. The molecule has 0 unspecified atom stereocenters. The average Bonchev–Trinajstić information content (AvgIpc) is 2.51. The van der Waals surface area contributed by atoms with Gasteiger partial charge in [0, 0.05) is 29.0 Å². The molecule has 1 rings (SSSR count). The van der Waals surface area contributed by atoms with Crippen molar-refractivity contribution in [3.63, 3.8) is 0 Å². The Labute approximate surface area is 92.4 Å². The van der Waals surface area contributed by atoms with Crippen molar-refractivity contribution in [3.8, 4) is 0 Å². The third kappa shape index (κ3) is 4.59. The second-order valence-corrected chi connectivity index (χ2v) is 4.09. The fraction of sp³-hybridized carbons (Fsp3) is 0.778. The van der Waals surface area contributed by atoms with Crippen LogP contribution in [0.25, 0.3) is 0 Å². The zero-order valence-electron chi connectivity index (χ0n) is 7.92. The van der Waals surface area contributed by atoms with Crippen LogP contribution in [0.2, 0.25) is 0 Å². The van der Waals surface area contributed by atoms with Crippen LogP contribution in [0, 0.1) is 3.83 Å². The van der Waals surface area contributed by atoms with Crippen molar-refractivity contribution in [2.45, 2.75) is 45.4 Å². The molecule has 0 aliphatic heterocycles. The van der Waals surface area contributed by atoms with E-state index in [2.05, 4.69) is 39.7 Å². The minimum absolute atomic E-state index is 0.709. The quantitative estimate of drug-likeness (QED) is 0.597. The molecular weight excluding hydrogens is 279 g/mol. The van der Waals surface area contributed by atoms with Crippen LogP contribution in [-0.2, 0) is 6.42 Å². The molecule has 0 radical (unpaired) electrons. The molecule has 1 aromatic rings. The van der Waals surface area contributed by atoms with Gasteiger partial charge in [0.05, 0.1) is 0 Å². The zero-order chi connectivity index (χ0) is 9.52. The van der Waals surface area contributed by atoms with Crippen LogP contribution < -0.4 is 0 Å². The number of hydrogen-bond acceptors (Lipinski definition) is 3. The highest BCUT2D eigenvalue weighted by Gasteiger charge is 2.01. The maximum absolute atomic E-state index is 5.00. The van der Waals surface area contributed by atoms with Crippen LogP contribution in [0.5, 0.6) is 0 Å². The van der Waals surface area contributed by atoms with Crippen LogP contribution in [0.3, 0.4) is 0 Å². The third-order valence-electron chi connectivity index (χ3n) is 1.94. The summed E-state index contributed by atoms with van der Waals surface area (Å²) in [6.07, 6.45) is 7.31. The van der Waals surface area contributed by atoms with E-state index in [1.807, 2.05) is 0 Å². The Balaban J connectivity index is 2.06. The van der Waals surface area contributed by atoms with E-state index in [9.17, 15) is 0 Å². The van der Waals surface area contributed by atoms with Crippen LogP contribution in [0.4, 0.5) is 0 Å². The Bertz CT molecular complexity index is 237. The van der Waals surface area contributed by atoms with E-state index >= 15 is 0 Å². The second kappa shape index (κ2) is 6.34. The van der Waals surface area contributed by atoms with E-state index < -0.39 is 0 Å². The molecule has 0 spiro atoms. The van der Waals surface area contributed by atoms with Crippen molar-refractivity contribution in [2.75, 3.05) is 0 Å². The van der Waals surface area contributed by atoms with Gasteiger partial charge in [-0.3, -0.25) is 0 Å². The van der Waals surface area contributed by atoms with Crippen molar-refractivity contribution in [1.82, 2.24) is 10.1 Å². The van der Waals surface area contributed by atoms with Crippen LogP contribution in [-0.4, -0.2) is 10.1 Å². The summed E-state index contributed by atoms with van der Waals surface area (Å²) in [6, 6.07) is 0. The van der Waals surface area contributed by atoms with Crippen molar-refractivity contribution in [1.29, 1.82) is 0 Å². The summed E-state index contributed by atoms with van der Waals surface area (Å²) in [7, 11) is 0. The minimum Gasteiger partial charge on any atom is -0.339 e. The molecule has 13 heavy (non-hydrogen) atoms. The standard InChI is InChI=1S/C9H15IN2O/c1-2-3-4-5-6-7-8-11-9(10)12-13-8/h2-7H2,1H3. The first kappa shape index (κ1) is 10.9. The summed E-state index contributed by atoms with van der Waals surface area (Å²) in [5, 5.41) is 3.73. The van der Waals surface area contributed by atoms with E-state index in [0.29, 0.717) is 3.83 Å². The van der Waals surface area contributed by atoms with Crippen LogP contribution in [0.15, 0.2) is 4.52 Å². The molecule has 1 aromatic heterocycles. The molecule has 74 valence electrons. The predicted molar refractivity (Wildman–Crippen MR) is 59.5 cm³/mol. The first-order valence-electron chi connectivity index (χ1n) is 4.81. The molecule has 4 heteroatoms. The molecule has 0 fully saturated rings. The molecule has 0 amide bonds. The molecule has 1 heterocycles. The van der Waals surface area contributed by atoms with Gasteiger partial charge in [0.15, 0.2) is 0 Å². The van der Waals surface area contributed by atoms with E-state index in [0.717, 1.165) is 18.7 Å². The van der Waals surface area contributed by atoms with Crippen molar-refractivity contribution in [3.05, 3.63) is 9.72 Å². The smallest absolute Gasteiger partial charge is 0.232 e. The van der Waals surface area contributed by atoms with Gasteiger partial charge in [-0.2, -0.15) is 4.98 Å². The topological polar surface area (TPSA) is 38.9 Å². The van der Waals surface area contributed by atoms with Crippen molar-refractivity contribution < 1.29 is 4.52 Å². The molecule has 0 aromatic carbocycles. The van der Waals surface area contributed by atoms with Gasteiger partial charge in [-0.05, 0) is 6.42 Å². The lowest BCUT2D eigenvalue weighted by Crippen LogP contribution is -1.86. The SMILES string of the molecule is CCCCCCCc1nc(I)no1. The highest BCUT2D eigenvalue weighted by atomic mass is 127. The summed E-state index contributed by atoms with van der Waals surface area (Å²) in [5.41, 5.74) is 0. The number of unbranched alkanes of at least 4 members (excludes halogenated alkanes) is 4. The summed E-state index contributed by atoms with van der Waals surface area (Å²) in [4.78, 5) is 4.14. The maximum atomic E-state index is 5.00. The molecule has 3 nitrogen and oxygen atoms in total. The highest BCUT2D eigenvalue weighted by molar-refractivity contribution is 14.1. The zero-order valence-corrected chi connectivity index (χ0v) is 10.1. The summed E-state index contributed by atoms with van der Waals surface area (Å²) >= 11 is 2.06. The Morgan fingerprint density at radius 1 is 1.23 bits per heavy atom. The van der Waals surface area contributed by atoms with E-state index in [4.69, 9.17) is 4.52 Å². The van der Waals surface area contributed by atoms with Crippen LogP contribution >= 0.6 is 22.6 Å². The van der Waals surface area contributed by atoms with Crippen molar-refractivity contribution >= 4 is 22.6 Å². The number of rotatable bonds is 6. The van der Waals surface area contributed by atoms with Gasteiger partial charge in [0.25, 0.3) is 0 Å². The predicted octanol–water partition coefficient (Wildman–Crippen LogP) is 3.19. The largest absolute Gasteiger partial charge is 0.339 e. The lowest BCUT2D eigenvalue weighted by Gasteiger charge is -1.95. The van der Waals surface area contributed by atoms with Gasteiger partial charge in [-0.15, -0.1) is 0 Å². The summed E-state index contributed by atoms with van der Waals surface area (Å²) < 4.78 is 5.71. The van der Waals surface area contributed by atoms with Gasteiger partial charge in [0.1, 0.15) is 0 Å². The lowest BCUT2D eigenvalue weighted by atomic mass is 10.1. The Hall–Kier alpha value is -0.130. The fourth-order valence-electron chi connectivity index (χ4n) is 1.22. The van der Waals surface area contributed by atoms with E-state index in [-0.39, 0.29) is 0 Å². The van der Waals surface area contributed by atoms with Gasteiger partial charge in [0.2, 0.25) is 9.72 Å². The van der Waals surface area contributed by atoms with Gasteiger partial charge < -0.3 is 4.52 Å². The monoisotopic (exact) mass is 294 g/mol. The molecule has 0 aliphatic rings. The summed E-state index contributed by atoms with van der Waals surface area (Å²) in [5.74, 6) is 0.779. The Morgan fingerprint density at radius 3 is 2.62 bits per heavy atom. The Morgan fingerprint density at radius 2 is 2.00 bits per heavy atom.